The molecule has 7 heteroatoms. The van der Waals surface area contributed by atoms with Gasteiger partial charge in [0.1, 0.15) is 12.1 Å². The first-order valence-electron chi connectivity index (χ1n) is 11.4. The molecule has 0 spiro atoms. The molecule has 3 unspecified atom stereocenters. The fraction of sp³-hybridized carbons (Fsp3) is 0.360. The monoisotopic (exact) mass is 428 g/mol. The topological polar surface area (TPSA) is 56.8 Å². The number of piperazine rings is 1. The molecule has 3 atom stereocenters. The Morgan fingerprint density at radius 2 is 1.75 bits per heavy atom. The van der Waals surface area contributed by atoms with Crippen molar-refractivity contribution in [2.24, 2.45) is 0 Å². The molecule has 7 nitrogen and oxygen atoms in total. The summed E-state index contributed by atoms with van der Waals surface area (Å²) in [5, 5.41) is 5.32. The molecule has 2 aromatic carbocycles. The number of nitrogens with one attached hydrogen (secondary N) is 1. The minimum Gasteiger partial charge on any atom is -0.368 e. The predicted octanol–water partition coefficient (Wildman–Crippen LogP) is 4.00. The van der Waals surface area contributed by atoms with Crippen LogP contribution in [0.15, 0.2) is 67.0 Å². The highest BCUT2D eigenvalue weighted by atomic mass is 16.7. The standard InChI is InChI=1S/C25H28N6O/c1-29-21-13-22(29)16-30(15-21)20-9-7-19(8-10-20)28-24-14-25(27-17-26-24)31-23(11-12-32-31)18-5-3-2-4-6-18/h2-10,14,17,21-23H,11-13,15-16H2,1H3,(H,26,27,28). The largest absolute Gasteiger partial charge is 0.368 e. The van der Waals surface area contributed by atoms with E-state index in [0.29, 0.717) is 18.7 Å². The maximum absolute atomic E-state index is 5.92. The Morgan fingerprint density at radius 3 is 2.50 bits per heavy atom. The number of benzene rings is 2. The van der Waals surface area contributed by atoms with Crippen LogP contribution in [-0.4, -0.2) is 53.7 Å². The molecular formula is C25H28N6O. The average Bonchev–Trinajstić information content (AvgIpc) is 3.35. The second-order valence-corrected chi connectivity index (χ2v) is 8.92. The van der Waals surface area contributed by atoms with E-state index in [1.165, 1.54) is 17.7 Å². The number of hydroxylamine groups is 1. The molecule has 2 bridgehead atoms. The maximum Gasteiger partial charge on any atom is 0.158 e. The Labute approximate surface area is 188 Å². The number of aromatic nitrogens is 2. The lowest BCUT2D eigenvalue weighted by molar-refractivity contribution is 0.0264. The third kappa shape index (κ3) is 3.57. The van der Waals surface area contributed by atoms with Gasteiger partial charge >= 0.3 is 0 Å². The molecule has 3 aromatic rings. The summed E-state index contributed by atoms with van der Waals surface area (Å²) < 4.78 is 0. The van der Waals surface area contributed by atoms with E-state index in [1.807, 2.05) is 17.2 Å². The van der Waals surface area contributed by atoms with E-state index in [1.54, 1.807) is 6.33 Å². The first-order valence-corrected chi connectivity index (χ1v) is 11.4. The number of hydrogen-bond donors (Lipinski definition) is 1. The van der Waals surface area contributed by atoms with Crippen molar-refractivity contribution in [1.82, 2.24) is 14.9 Å². The Balaban J connectivity index is 1.15. The number of anilines is 4. The Bertz CT molecular complexity index is 1060. The lowest BCUT2D eigenvalue weighted by atomic mass is 9.88. The van der Waals surface area contributed by atoms with E-state index >= 15 is 0 Å². The maximum atomic E-state index is 5.92. The summed E-state index contributed by atoms with van der Waals surface area (Å²) in [6.07, 6.45) is 3.87. The minimum atomic E-state index is 0.160. The molecule has 0 amide bonds. The van der Waals surface area contributed by atoms with Crippen molar-refractivity contribution in [3.63, 3.8) is 0 Å². The molecule has 0 radical (unpaired) electrons. The predicted molar refractivity (Wildman–Crippen MR) is 126 cm³/mol. The summed E-state index contributed by atoms with van der Waals surface area (Å²) in [6, 6.07) is 22.6. The van der Waals surface area contributed by atoms with Crippen molar-refractivity contribution in [1.29, 1.82) is 0 Å². The van der Waals surface area contributed by atoms with Crippen molar-refractivity contribution < 1.29 is 4.84 Å². The molecule has 164 valence electrons. The van der Waals surface area contributed by atoms with Crippen LogP contribution in [0.4, 0.5) is 23.0 Å². The van der Waals surface area contributed by atoms with Crippen LogP contribution in [0.3, 0.4) is 0 Å². The lowest BCUT2D eigenvalue weighted by Crippen LogP contribution is -2.67. The first-order chi connectivity index (χ1) is 15.7. The molecule has 7 rings (SSSR count). The number of piperidine rings is 1. The van der Waals surface area contributed by atoms with Crippen LogP contribution in [-0.2, 0) is 4.84 Å². The fourth-order valence-electron chi connectivity index (χ4n) is 5.12. The van der Waals surface area contributed by atoms with Gasteiger partial charge in [-0.2, -0.15) is 0 Å². The molecule has 0 aliphatic carbocycles. The summed E-state index contributed by atoms with van der Waals surface area (Å²) in [7, 11) is 2.24. The summed E-state index contributed by atoms with van der Waals surface area (Å²) in [4.78, 5) is 19.8. The van der Waals surface area contributed by atoms with E-state index in [-0.39, 0.29) is 6.04 Å². The Morgan fingerprint density at radius 1 is 0.969 bits per heavy atom. The molecular weight excluding hydrogens is 400 g/mol. The van der Waals surface area contributed by atoms with Crippen LogP contribution >= 0.6 is 0 Å². The Hall–Kier alpha value is -3.16. The van der Waals surface area contributed by atoms with Gasteiger partial charge in [-0.1, -0.05) is 30.3 Å². The summed E-state index contributed by atoms with van der Waals surface area (Å²) in [5.74, 6) is 1.52. The summed E-state index contributed by atoms with van der Waals surface area (Å²) in [5.41, 5.74) is 3.53. The first kappa shape index (κ1) is 19.5. The van der Waals surface area contributed by atoms with Crippen LogP contribution in [0.25, 0.3) is 0 Å². The van der Waals surface area contributed by atoms with Gasteiger partial charge in [0.25, 0.3) is 0 Å². The van der Waals surface area contributed by atoms with Gasteiger partial charge in [0.05, 0.1) is 12.6 Å². The van der Waals surface area contributed by atoms with E-state index in [0.717, 1.165) is 36.8 Å². The van der Waals surface area contributed by atoms with Crippen LogP contribution < -0.4 is 15.3 Å². The molecule has 32 heavy (non-hydrogen) atoms. The average molecular weight is 429 g/mol. The molecule has 4 aliphatic rings. The second-order valence-electron chi connectivity index (χ2n) is 8.92. The van der Waals surface area contributed by atoms with Crippen molar-refractivity contribution >= 4 is 23.0 Å². The zero-order valence-electron chi connectivity index (χ0n) is 18.3. The van der Waals surface area contributed by atoms with Crippen molar-refractivity contribution in [3.8, 4) is 0 Å². The smallest absolute Gasteiger partial charge is 0.158 e. The third-order valence-corrected chi connectivity index (χ3v) is 7.03. The highest BCUT2D eigenvalue weighted by Gasteiger charge is 2.42. The number of fused-ring (bicyclic) bond motifs is 2. The second kappa shape index (κ2) is 8.07. The van der Waals surface area contributed by atoms with Gasteiger partial charge in [0.2, 0.25) is 0 Å². The summed E-state index contributed by atoms with van der Waals surface area (Å²) >= 11 is 0. The van der Waals surface area contributed by atoms with E-state index in [9.17, 15) is 0 Å². The van der Waals surface area contributed by atoms with Gasteiger partial charge in [-0.15, -0.1) is 0 Å². The molecule has 5 heterocycles. The summed E-state index contributed by atoms with van der Waals surface area (Å²) in [6.45, 7) is 2.92. The molecule has 1 aromatic heterocycles. The molecule has 1 N–H and O–H groups in total. The zero-order valence-corrected chi connectivity index (χ0v) is 18.3. The van der Waals surface area contributed by atoms with Gasteiger partial charge in [-0.3, -0.25) is 9.74 Å². The van der Waals surface area contributed by atoms with Crippen LogP contribution in [0.5, 0.6) is 0 Å². The van der Waals surface area contributed by atoms with Gasteiger partial charge in [-0.25, -0.2) is 15.0 Å². The van der Waals surface area contributed by atoms with Crippen LogP contribution in [0.1, 0.15) is 24.4 Å². The quantitative estimate of drug-likeness (QED) is 0.659. The van der Waals surface area contributed by atoms with Gasteiger partial charge in [0, 0.05) is 49.0 Å². The van der Waals surface area contributed by atoms with E-state index in [4.69, 9.17) is 4.84 Å². The van der Waals surface area contributed by atoms with Gasteiger partial charge in [0.15, 0.2) is 5.82 Å². The van der Waals surface area contributed by atoms with Crippen LogP contribution in [0, 0.1) is 0 Å². The fourth-order valence-corrected chi connectivity index (χ4v) is 5.12. The van der Waals surface area contributed by atoms with Crippen molar-refractivity contribution in [3.05, 3.63) is 72.6 Å². The highest BCUT2D eigenvalue weighted by molar-refractivity contribution is 5.63. The van der Waals surface area contributed by atoms with Gasteiger partial charge in [-0.05, 0) is 43.3 Å². The molecule has 4 fully saturated rings. The van der Waals surface area contributed by atoms with E-state index < -0.39 is 0 Å². The number of nitrogens with zero attached hydrogens (tertiary/aromatic N) is 5. The number of likely N-dealkylation sites (N-methyl/N-ethyl adjacent to an activating group) is 1. The molecule has 4 saturated heterocycles. The minimum absolute atomic E-state index is 0.160. The highest BCUT2D eigenvalue weighted by Crippen LogP contribution is 2.35. The van der Waals surface area contributed by atoms with Crippen LogP contribution in [0.2, 0.25) is 0 Å². The van der Waals surface area contributed by atoms with Crippen molar-refractivity contribution in [2.75, 3.05) is 42.0 Å². The number of rotatable bonds is 5. The van der Waals surface area contributed by atoms with Gasteiger partial charge < -0.3 is 10.2 Å². The SMILES string of the molecule is CN1C2CC1CN(c1ccc(Nc3cc(N4OCCC4c4ccccc4)ncn3)cc1)C2. The lowest BCUT2D eigenvalue weighted by Gasteiger charge is -2.55. The molecule has 4 aliphatic heterocycles. The Kier molecular flexibility index (Phi) is 4.92. The number of hydrogen-bond acceptors (Lipinski definition) is 7. The van der Waals surface area contributed by atoms with Crippen molar-refractivity contribution in [2.45, 2.75) is 31.0 Å². The third-order valence-electron chi connectivity index (χ3n) is 7.03. The zero-order chi connectivity index (χ0) is 21.5. The normalized spacial score (nSPS) is 25.0. The molecule has 0 saturated carbocycles. The van der Waals surface area contributed by atoms with E-state index in [2.05, 4.69) is 80.7 Å².